The highest BCUT2D eigenvalue weighted by Crippen LogP contribution is 2.24. The first-order chi connectivity index (χ1) is 11.6. The average molecular weight is 329 g/mol. The van der Waals surface area contributed by atoms with Crippen molar-refractivity contribution >= 4 is 5.91 Å². The molecular formula is C19H20FNO3. The lowest BCUT2D eigenvalue weighted by Gasteiger charge is -2.42. The van der Waals surface area contributed by atoms with E-state index in [0.717, 1.165) is 5.56 Å². The summed E-state index contributed by atoms with van der Waals surface area (Å²) in [6.07, 6.45) is 0.491. The van der Waals surface area contributed by atoms with Crippen LogP contribution in [-0.2, 0) is 11.2 Å². The summed E-state index contributed by atoms with van der Waals surface area (Å²) in [4.78, 5) is 14.2. The van der Waals surface area contributed by atoms with E-state index in [9.17, 15) is 14.3 Å². The molecule has 24 heavy (non-hydrogen) atoms. The molecule has 0 bridgehead atoms. The van der Waals surface area contributed by atoms with Crippen LogP contribution in [0, 0.1) is 5.82 Å². The number of hydrogen-bond donors (Lipinski definition) is 1. The predicted molar refractivity (Wildman–Crippen MR) is 88.2 cm³/mol. The summed E-state index contributed by atoms with van der Waals surface area (Å²) in [5, 5.41) is 9.89. The summed E-state index contributed by atoms with van der Waals surface area (Å²) in [5.41, 5.74) is 0.207. The van der Waals surface area contributed by atoms with E-state index in [2.05, 4.69) is 0 Å². The Bertz CT molecular complexity index is 707. The van der Waals surface area contributed by atoms with Gasteiger partial charge < -0.3 is 14.7 Å². The van der Waals surface area contributed by atoms with Gasteiger partial charge in [-0.15, -0.1) is 0 Å². The van der Waals surface area contributed by atoms with E-state index in [1.165, 1.54) is 12.1 Å². The van der Waals surface area contributed by atoms with Crippen LogP contribution in [0.5, 0.6) is 0 Å². The topological polar surface area (TPSA) is 49.8 Å². The first kappa shape index (κ1) is 16.6. The molecule has 2 aromatic carbocycles. The Hall–Kier alpha value is -2.24. The average Bonchev–Trinajstić information content (AvgIpc) is 2.62. The van der Waals surface area contributed by atoms with Crippen LogP contribution in [0.2, 0.25) is 0 Å². The van der Waals surface area contributed by atoms with Crippen LogP contribution in [0.15, 0.2) is 54.6 Å². The van der Waals surface area contributed by atoms with Crippen LogP contribution >= 0.6 is 0 Å². The fourth-order valence-electron chi connectivity index (χ4n) is 3.05. The third kappa shape index (κ3) is 3.47. The quantitative estimate of drug-likeness (QED) is 0.936. The lowest BCUT2D eigenvalue weighted by molar-refractivity contribution is -0.123. The van der Waals surface area contributed by atoms with Crippen molar-refractivity contribution in [2.75, 3.05) is 26.3 Å². The Morgan fingerprint density at radius 3 is 2.58 bits per heavy atom. The lowest BCUT2D eigenvalue weighted by Crippen LogP contribution is -2.56. The molecule has 1 heterocycles. The van der Waals surface area contributed by atoms with Crippen molar-refractivity contribution in [1.29, 1.82) is 0 Å². The summed E-state index contributed by atoms with van der Waals surface area (Å²) >= 11 is 0. The molecule has 1 amide bonds. The Morgan fingerprint density at radius 1 is 1.17 bits per heavy atom. The fourth-order valence-corrected chi connectivity index (χ4v) is 3.05. The third-order valence-electron chi connectivity index (χ3n) is 4.30. The molecule has 0 saturated carbocycles. The molecule has 0 aliphatic carbocycles. The molecule has 126 valence electrons. The van der Waals surface area contributed by atoms with Crippen LogP contribution in [0.1, 0.15) is 15.9 Å². The van der Waals surface area contributed by atoms with Crippen LogP contribution in [0.25, 0.3) is 0 Å². The molecule has 0 radical (unpaired) electrons. The second kappa shape index (κ2) is 7.11. The highest BCUT2D eigenvalue weighted by molar-refractivity contribution is 5.94. The number of nitrogens with zero attached hydrogens (tertiary/aromatic N) is 1. The van der Waals surface area contributed by atoms with E-state index in [1.54, 1.807) is 17.0 Å². The van der Waals surface area contributed by atoms with Gasteiger partial charge in [0.15, 0.2) is 0 Å². The molecule has 1 aliphatic rings. The summed E-state index contributed by atoms with van der Waals surface area (Å²) < 4.78 is 19.7. The predicted octanol–water partition coefficient (Wildman–Crippen LogP) is 2.27. The maximum absolute atomic E-state index is 13.9. The molecule has 0 aromatic heterocycles. The number of carbonyl (C=O) groups is 1. The monoisotopic (exact) mass is 329 g/mol. The zero-order valence-corrected chi connectivity index (χ0v) is 13.3. The number of hydrogen-bond acceptors (Lipinski definition) is 3. The Morgan fingerprint density at radius 2 is 1.88 bits per heavy atom. The van der Waals surface area contributed by atoms with E-state index in [-0.39, 0.29) is 24.6 Å². The number of aliphatic hydroxyl groups excluding tert-OH is 1. The van der Waals surface area contributed by atoms with Crippen molar-refractivity contribution in [3.8, 4) is 0 Å². The van der Waals surface area contributed by atoms with Gasteiger partial charge >= 0.3 is 0 Å². The Kier molecular flexibility index (Phi) is 4.92. The van der Waals surface area contributed by atoms with Gasteiger partial charge in [0.25, 0.3) is 5.91 Å². The van der Waals surface area contributed by atoms with Crippen molar-refractivity contribution in [3.63, 3.8) is 0 Å². The van der Waals surface area contributed by atoms with E-state index in [0.29, 0.717) is 19.6 Å². The SMILES string of the molecule is O=C(c1ccccc1F)N1CCO[C@](CO)(Cc2ccccc2)C1. The van der Waals surface area contributed by atoms with E-state index in [1.807, 2.05) is 30.3 Å². The molecule has 2 aromatic rings. The second-order valence-corrected chi connectivity index (χ2v) is 6.06. The first-order valence-corrected chi connectivity index (χ1v) is 7.96. The van der Waals surface area contributed by atoms with Crippen LogP contribution in [0.4, 0.5) is 4.39 Å². The molecule has 0 spiro atoms. The van der Waals surface area contributed by atoms with E-state index < -0.39 is 11.4 Å². The summed E-state index contributed by atoms with van der Waals surface area (Å²) in [5.74, 6) is -0.908. The Balaban J connectivity index is 1.79. The molecule has 4 nitrogen and oxygen atoms in total. The number of aliphatic hydroxyl groups is 1. The molecule has 3 rings (SSSR count). The number of amides is 1. The highest BCUT2D eigenvalue weighted by Gasteiger charge is 2.38. The molecule has 1 aliphatic heterocycles. The maximum Gasteiger partial charge on any atom is 0.257 e. The minimum Gasteiger partial charge on any atom is -0.393 e. The zero-order chi connectivity index (χ0) is 17.0. The largest absolute Gasteiger partial charge is 0.393 e. The van der Waals surface area contributed by atoms with E-state index >= 15 is 0 Å². The number of morpholine rings is 1. The fraction of sp³-hybridized carbons (Fsp3) is 0.316. The van der Waals surface area contributed by atoms with Crippen molar-refractivity contribution in [2.45, 2.75) is 12.0 Å². The molecule has 1 atom stereocenters. The number of rotatable bonds is 4. The van der Waals surface area contributed by atoms with Gasteiger partial charge in [0.2, 0.25) is 0 Å². The number of ether oxygens (including phenoxy) is 1. The van der Waals surface area contributed by atoms with Gasteiger partial charge in [-0.2, -0.15) is 0 Å². The molecule has 0 unspecified atom stereocenters. The smallest absolute Gasteiger partial charge is 0.257 e. The molecule has 1 N–H and O–H groups in total. The van der Waals surface area contributed by atoms with Gasteiger partial charge in [-0.1, -0.05) is 42.5 Å². The zero-order valence-electron chi connectivity index (χ0n) is 13.3. The molecular weight excluding hydrogens is 309 g/mol. The van der Waals surface area contributed by atoms with Crippen molar-refractivity contribution in [3.05, 3.63) is 71.5 Å². The van der Waals surface area contributed by atoms with E-state index in [4.69, 9.17) is 4.74 Å². The normalized spacial score (nSPS) is 20.8. The Labute approximate surface area is 140 Å². The third-order valence-corrected chi connectivity index (χ3v) is 4.30. The lowest BCUT2D eigenvalue weighted by atomic mass is 9.93. The minimum absolute atomic E-state index is 0.0472. The van der Waals surface area contributed by atoms with Gasteiger partial charge in [-0.05, 0) is 17.7 Å². The maximum atomic E-state index is 13.9. The van der Waals surface area contributed by atoms with Gasteiger partial charge in [0.1, 0.15) is 11.4 Å². The molecule has 1 fully saturated rings. The standard InChI is InChI=1S/C19H20FNO3/c20-17-9-5-4-8-16(17)18(23)21-10-11-24-19(13-21,14-22)12-15-6-2-1-3-7-15/h1-9,22H,10-14H2/t19-/m1/s1. The van der Waals surface area contributed by atoms with Crippen LogP contribution < -0.4 is 0 Å². The van der Waals surface area contributed by atoms with Gasteiger partial charge in [-0.3, -0.25) is 4.79 Å². The number of benzene rings is 2. The minimum atomic E-state index is -0.861. The number of halogens is 1. The van der Waals surface area contributed by atoms with Gasteiger partial charge in [-0.25, -0.2) is 4.39 Å². The summed E-state index contributed by atoms with van der Waals surface area (Å²) in [6.45, 7) is 0.714. The van der Waals surface area contributed by atoms with Crippen molar-refractivity contribution in [1.82, 2.24) is 4.90 Å². The van der Waals surface area contributed by atoms with Crippen molar-refractivity contribution in [2.24, 2.45) is 0 Å². The summed E-state index contributed by atoms with van der Waals surface area (Å²) in [6, 6.07) is 15.6. The summed E-state index contributed by atoms with van der Waals surface area (Å²) in [7, 11) is 0. The van der Waals surface area contributed by atoms with Gasteiger partial charge in [0.05, 0.1) is 25.3 Å². The van der Waals surface area contributed by atoms with Gasteiger partial charge in [0, 0.05) is 13.0 Å². The van der Waals surface area contributed by atoms with Crippen LogP contribution in [-0.4, -0.2) is 47.8 Å². The first-order valence-electron chi connectivity index (χ1n) is 7.96. The highest BCUT2D eigenvalue weighted by atomic mass is 19.1. The van der Waals surface area contributed by atoms with Crippen molar-refractivity contribution < 1.29 is 19.0 Å². The second-order valence-electron chi connectivity index (χ2n) is 6.06. The molecule has 1 saturated heterocycles. The van der Waals surface area contributed by atoms with Crippen LogP contribution in [0.3, 0.4) is 0 Å². The number of carbonyl (C=O) groups excluding carboxylic acids is 1. The molecule has 5 heteroatoms.